The zero-order chi connectivity index (χ0) is 32.6. The predicted molar refractivity (Wildman–Crippen MR) is 192 cm³/mol. The highest BCUT2D eigenvalue weighted by Gasteiger charge is 2.42. The van der Waals surface area contributed by atoms with Gasteiger partial charge in [-0.2, -0.15) is 0 Å². The van der Waals surface area contributed by atoms with Gasteiger partial charge in [0.15, 0.2) is 0 Å². The van der Waals surface area contributed by atoms with Gasteiger partial charge in [0.05, 0.1) is 37.4 Å². The normalized spacial score (nSPS) is 13.5. The number of aliphatic imine (C=N–C) groups is 2. The van der Waals surface area contributed by atoms with Gasteiger partial charge in [0.25, 0.3) is 0 Å². The minimum absolute atomic E-state index is 0.196. The molecule has 0 spiro atoms. The Morgan fingerprint density at radius 1 is 0.761 bits per heavy atom. The van der Waals surface area contributed by atoms with Crippen molar-refractivity contribution in [1.82, 2.24) is 0 Å². The zero-order valence-corrected chi connectivity index (χ0v) is 29.3. The van der Waals surface area contributed by atoms with Crippen LogP contribution in [-0.2, 0) is 5.41 Å². The van der Waals surface area contributed by atoms with E-state index in [1.807, 2.05) is 24.3 Å². The Kier molecular flexibility index (Phi) is 8.81. The van der Waals surface area contributed by atoms with Crippen molar-refractivity contribution < 1.29 is 9.47 Å². The SMILES string of the molecule is [C-]#[N+]C(C#N)=Nc1cc(OCCC)c(-c2cc3c(s2)-c2sc4cc(-c5sc(N=C(C#N)[N+]#[C-])cc5OCCC)sc4c2C3(C)C)s1. The minimum Gasteiger partial charge on any atom is -0.492 e. The first-order valence-corrected chi connectivity index (χ1v) is 18.3. The maximum atomic E-state index is 9.23. The van der Waals surface area contributed by atoms with Crippen LogP contribution in [0.5, 0.6) is 11.5 Å². The van der Waals surface area contributed by atoms with Crippen molar-refractivity contribution >= 4 is 87.8 Å². The van der Waals surface area contributed by atoms with Gasteiger partial charge in [-0.1, -0.05) is 73.5 Å². The van der Waals surface area contributed by atoms with E-state index in [1.54, 1.807) is 34.0 Å². The first kappa shape index (κ1) is 31.6. The lowest BCUT2D eigenvalue weighted by Crippen LogP contribution is -2.13. The minimum atomic E-state index is -0.232. The first-order chi connectivity index (χ1) is 22.3. The van der Waals surface area contributed by atoms with E-state index in [-0.39, 0.29) is 17.1 Å². The monoisotopic (exact) mass is 696 g/mol. The number of nitriles is 2. The van der Waals surface area contributed by atoms with Crippen LogP contribution >= 0.6 is 56.7 Å². The van der Waals surface area contributed by atoms with E-state index in [9.17, 15) is 10.5 Å². The predicted octanol–water partition coefficient (Wildman–Crippen LogP) is 11.3. The van der Waals surface area contributed by atoms with Crippen molar-refractivity contribution in [2.24, 2.45) is 9.98 Å². The molecule has 1 aliphatic carbocycles. The van der Waals surface area contributed by atoms with Crippen molar-refractivity contribution in [2.45, 2.75) is 46.0 Å². The number of fused-ring (bicyclic) bond motifs is 5. The fourth-order valence-corrected chi connectivity index (χ4v) is 11.8. The summed E-state index contributed by atoms with van der Waals surface area (Å²) in [6.07, 6.45) is 1.72. The molecule has 0 amide bonds. The molecule has 5 aromatic rings. The van der Waals surface area contributed by atoms with Crippen LogP contribution in [0.3, 0.4) is 0 Å². The maximum absolute atomic E-state index is 9.23. The molecule has 0 radical (unpaired) electrons. The van der Waals surface area contributed by atoms with Gasteiger partial charge in [-0.25, -0.2) is 10.5 Å². The quantitative estimate of drug-likeness (QED) is 0.0824. The number of hydrogen-bond donors (Lipinski definition) is 0. The lowest BCUT2D eigenvalue weighted by Gasteiger charge is -2.19. The molecule has 0 saturated heterocycles. The molecule has 5 heterocycles. The average molecular weight is 697 g/mol. The van der Waals surface area contributed by atoms with E-state index >= 15 is 0 Å². The summed E-state index contributed by atoms with van der Waals surface area (Å²) in [6.45, 7) is 24.2. The van der Waals surface area contributed by atoms with Crippen molar-refractivity contribution in [3.63, 3.8) is 0 Å². The summed E-state index contributed by atoms with van der Waals surface area (Å²) in [5.41, 5.74) is 2.37. The third kappa shape index (κ3) is 5.52. The smallest absolute Gasteiger partial charge is 0.350 e. The Labute approximate surface area is 286 Å². The van der Waals surface area contributed by atoms with Crippen LogP contribution in [-0.4, -0.2) is 24.9 Å². The maximum Gasteiger partial charge on any atom is 0.350 e. The summed E-state index contributed by atoms with van der Waals surface area (Å²) in [5, 5.41) is 19.6. The first-order valence-electron chi connectivity index (χ1n) is 14.2. The Morgan fingerprint density at radius 2 is 1.30 bits per heavy atom. The molecule has 8 nitrogen and oxygen atoms in total. The highest BCUT2D eigenvalue weighted by Crippen LogP contribution is 2.62. The van der Waals surface area contributed by atoms with E-state index in [0.29, 0.717) is 23.2 Å². The summed E-state index contributed by atoms with van der Waals surface area (Å²) in [7, 11) is 0. The fraction of sp³-hybridized carbons (Fsp3) is 0.273. The van der Waals surface area contributed by atoms with Crippen molar-refractivity contribution in [3.8, 4) is 52.9 Å². The molecule has 46 heavy (non-hydrogen) atoms. The van der Waals surface area contributed by atoms with Crippen LogP contribution in [0.15, 0.2) is 34.3 Å². The van der Waals surface area contributed by atoms with Crippen LogP contribution in [0.4, 0.5) is 10.0 Å². The van der Waals surface area contributed by atoms with Gasteiger partial charge >= 0.3 is 11.7 Å². The summed E-state index contributed by atoms with van der Waals surface area (Å²) >= 11 is 8.15. The number of rotatable bonds is 10. The molecule has 228 valence electrons. The van der Waals surface area contributed by atoms with Crippen LogP contribution in [0.2, 0.25) is 0 Å². The molecule has 0 aliphatic heterocycles. The van der Waals surface area contributed by atoms with Gasteiger partial charge in [0.2, 0.25) is 10.0 Å². The third-order valence-electron chi connectivity index (χ3n) is 7.19. The molecule has 0 bridgehead atoms. The molecule has 0 saturated carbocycles. The molecule has 0 aromatic carbocycles. The van der Waals surface area contributed by atoms with Crippen LogP contribution in [0, 0.1) is 35.8 Å². The van der Waals surface area contributed by atoms with E-state index in [4.69, 9.17) is 22.6 Å². The van der Waals surface area contributed by atoms with Crippen LogP contribution in [0.25, 0.3) is 48.4 Å². The van der Waals surface area contributed by atoms with Crippen LogP contribution < -0.4 is 9.47 Å². The second-order valence-electron chi connectivity index (χ2n) is 10.7. The molecule has 0 unspecified atom stereocenters. The second-order valence-corrected chi connectivity index (χ2v) is 15.9. The Morgan fingerprint density at radius 3 is 1.80 bits per heavy atom. The average Bonchev–Trinajstić information content (AvgIpc) is 3.88. The van der Waals surface area contributed by atoms with Gasteiger partial charge in [0, 0.05) is 32.0 Å². The second kappa shape index (κ2) is 12.8. The molecular weight excluding hydrogens is 673 g/mol. The molecule has 6 rings (SSSR count). The Hall–Kier alpha value is -4.34. The molecule has 0 atom stereocenters. The molecule has 1 aliphatic rings. The number of nitrogens with zero attached hydrogens (tertiary/aromatic N) is 6. The summed E-state index contributed by atoms with van der Waals surface area (Å²) in [4.78, 5) is 21.5. The largest absolute Gasteiger partial charge is 0.492 e. The molecule has 13 heteroatoms. The lowest BCUT2D eigenvalue weighted by atomic mass is 9.84. The molecule has 0 N–H and O–H groups in total. The number of amidine groups is 2. The van der Waals surface area contributed by atoms with Gasteiger partial charge in [-0.05, 0) is 36.1 Å². The molecule has 5 aromatic heterocycles. The van der Waals surface area contributed by atoms with E-state index in [2.05, 4.69) is 59.5 Å². The number of ether oxygens (including phenoxy) is 2. The molecule has 0 fully saturated rings. The van der Waals surface area contributed by atoms with Gasteiger partial charge in [0.1, 0.15) is 23.6 Å². The van der Waals surface area contributed by atoms with Crippen molar-refractivity contribution in [1.29, 1.82) is 10.5 Å². The third-order valence-corrected chi connectivity index (χ3v) is 13.3. The Bertz CT molecular complexity index is 2200. The summed E-state index contributed by atoms with van der Waals surface area (Å²) in [6, 6.07) is 11.8. The van der Waals surface area contributed by atoms with Crippen molar-refractivity contribution in [3.05, 3.63) is 58.2 Å². The standard InChI is InChI=1S/C33H24N6O2S5/c1-7-9-40-18-12-25(38-23(15-34)36-5)45-29(18)20-11-17-28(42-20)32-27(33(17,3)4)31-22(44-32)14-21(43-31)30-19(41-10-8-2)13-26(46-30)39-24(16-35)37-6/h11-14H,7-10H2,1-4H3. The van der Waals surface area contributed by atoms with Crippen molar-refractivity contribution in [2.75, 3.05) is 13.2 Å². The van der Waals surface area contributed by atoms with Gasteiger partial charge in [-0.3, -0.25) is 0 Å². The van der Waals surface area contributed by atoms with Gasteiger partial charge in [-0.15, -0.1) is 34.0 Å². The van der Waals surface area contributed by atoms with E-state index in [0.717, 1.165) is 43.8 Å². The lowest BCUT2D eigenvalue weighted by molar-refractivity contribution is 0.320. The summed E-state index contributed by atoms with van der Waals surface area (Å²) < 4.78 is 14.6. The Balaban J connectivity index is 1.41. The van der Waals surface area contributed by atoms with Crippen LogP contribution in [0.1, 0.15) is 51.7 Å². The highest BCUT2D eigenvalue weighted by atomic mass is 32.1. The number of hydrogen-bond acceptors (Lipinski definition) is 11. The highest BCUT2D eigenvalue weighted by molar-refractivity contribution is 7.35. The fourth-order valence-electron chi connectivity index (χ4n) is 5.17. The molecular formula is C33H24N6O2S5. The summed E-state index contributed by atoms with van der Waals surface area (Å²) in [5.74, 6) is 1.05. The zero-order valence-electron chi connectivity index (χ0n) is 25.2. The number of thiophene rings is 5. The van der Waals surface area contributed by atoms with E-state index in [1.165, 1.54) is 53.0 Å². The van der Waals surface area contributed by atoms with Gasteiger partial charge < -0.3 is 19.2 Å². The topological polar surface area (TPSA) is 99.5 Å². The van der Waals surface area contributed by atoms with E-state index < -0.39 is 0 Å².